The average Bonchev–Trinajstić information content (AvgIpc) is 2.84. The van der Waals surface area contributed by atoms with E-state index in [1.54, 1.807) is 12.1 Å². The molecular formula is C18H22N2O5S. The zero-order valence-corrected chi connectivity index (χ0v) is 15.4. The van der Waals surface area contributed by atoms with Crippen molar-refractivity contribution in [1.29, 1.82) is 0 Å². The number of fused-ring (bicyclic) bond motifs is 1. The van der Waals surface area contributed by atoms with Gasteiger partial charge < -0.3 is 5.32 Å². The van der Waals surface area contributed by atoms with Crippen LogP contribution in [0.3, 0.4) is 0 Å². The number of carbonyl (C=O) groups excluding carboxylic acids is 3. The molecule has 1 heterocycles. The van der Waals surface area contributed by atoms with E-state index >= 15 is 0 Å². The Balaban J connectivity index is 1.59. The van der Waals surface area contributed by atoms with E-state index in [2.05, 4.69) is 5.32 Å². The first-order valence-corrected chi connectivity index (χ1v) is 10.6. The second kappa shape index (κ2) is 7.19. The molecule has 1 saturated carbocycles. The number of sulfone groups is 1. The highest BCUT2D eigenvalue weighted by Crippen LogP contribution is 2.37. The van der Waals surface area contributed by atoms with Gasteiger partial charge in [-0.2, -0.15) is 0 Å². The van der Waals surface area contributed by atoms with Crippen molar-refractivity contribution in [3.8, 4) is 0 Å². The number of nitrogens with one attached hydrogen (secondary N) is 1. The van der Waals surface area contributed by atoms with E-state index in [9.17, 15) is 22.8 Å². The first kappa shape index (κ1) is 18.6. The maximum atomic E-state index is 12.4. The van der Waals surface area contributed by atoms with Crippen LogP contribution in [0.25, 0.3) is 0 Å². The molecule has 3 amide bonds. The lowest BCUT2D eigenvalue weighted by Crippen LogP contribution is -2.34. The van der Waals surface area contributed by atoms with Crippen LogP contribution >= 0.6 is 0 Å². The largest absolute Gasteiger partial charge is 0.326 e. The summed E-state index contributed by atoms with van der Waals surface area (Å²) in [7, 11) is -3.36. The minimum absolute atomic E-state index is 0.0139. The Morgan fingerprint density at radius 1 is 1.15 bits per heavy atom. The molecule has 8 heteroatoms. The van der Waals surface area contributed by atoms with Crippen LogP contribution in [0.5, 0.6) is 0 Å². The number of carbonyl (C=O) groups is 3. The number of benzene rings is 1. The van der Waals surface area contributed by atoms with Crippen LogP contribution in [0.1, 0.15) is 32.1 Å². The predicted octanol–water partition coefficient (Wildman–Crippen LogP) is 1.59. The molecule has 1 saturated heterocycles. The molecule has 1 aromatic carbocycles. The average molecular weight is 378 g/mol. The van der Waals surface area contributed by atoms with Gasteiger partial charge in [-0.3, -0.25) is 19.3 Å². The quantitative estimate of drug-likeness (QED) is 0.784. The normalized spacial score (nSPS) is 23.0. The number of anilines is 1. The summed E-state index contributed by atoms with van der Waals surface area (Å²) in [5, 5.41) is 2.62. The van der Waals surface area contributed by atoms with Crippen molar-refractivity contribution in [3.05, 3.63) is 24.3 Å². The van der Waals surface area contributed by atoms with Gasteiger partial charge in [-0.05, 0) is 31.0 Å². The molecule has 2 aliphatic rings. The van der Waals surface area contributed by atoms with Crippen molar-refractivity contribution < 1.29 is 22.8 Å². The molecule has 1 aliphatic heterocycles. The van der Waals surface area contributed by atoms with Gasteiger partial charge in [-0.25, -0.2) is 8.42 Å². The van der Waals surface area contributed by atoms with Crippen LogP contribution in [-0.2, 0) is 24.2 Å². The second-order valence-electron chi connectivity index (χ2n) is 6.92. The first-order chi connectivity index (χ1) is 12.3. The summed E-state index contributed by atoms with van der Waals surface area (Å²) >= 11 is 0. The van der Waals surface area contributed by atoms with Crippen molar-refractivity contribution in [2.24, 2.45) is 11.8 Å². The molecule has 0 aromatic heterocycles. The van der Waals surface area contributed by atoms with Crippen molar-refractivity contribution >= 4 is 33.2 Å². The van der Waals surface area contributed by atoms with Gasteiger partial charge >= 0.3 is 0 Å². The number of hydrogen-bond donors (Lipinski definition) is 1. The standard InChI is InChI=1S/C18H22N2O5S/c1-26(24,25)13-6-4-5-12(11-13)19-16(21)9-10-20-17(22)14-7-2-3-8-15(14)18(20)23/h4-6,11,14-15H,2-3,7-10H2,1H3,(H,19,21). The Morgan fingerprint density at radius 3 is 2.35 bits per heavy atom. The molecule has 3 rings (SSSR count). The van der Waals surface area contributed by atoms with Crippen LogP contribution < -0.4 is 5.32 Å². The lowest BCUT2D eigenvalue weighted by molar-refractivity contribution is -0.140. The van der Waals surface area contributed by atoms with Gasteiger partial charge in [0.25, 0.3) is 0 Å². The van der Waals surface area contributed by atoms with Crippen molar-refractivity contribution in [1.82, 2.24) is 4.90 Å². The fourth-order valence-electron chi connectivity index (χ4n) is 3.69. The highest BCUT2D eigenvalue weighted by atomic mass is 32.2. The third kappa shape index (κ3) is 3.80. The molecular weight excluding hydrogens is 356 g/mol. The van der Waals surface area contributed by atoms with E-state index in [-0.39, 0.29) is 47.4 Å². The van der Waals surface area contributed by atoms with Gasteiger partial charge in [-0.1, -0.05) is 18.9 Å². The minimum Gasteiger partial charge on any atom is -0.326 e. The summed E-state index contributed by atoms with van der Waals surface area (Å²) in [5.41, 5.74) is 0.366. The third-order valence-corrected chi connectivity index (χ3v) is 6.15. The molecule has 1 N–H and O–H groups in total. The molecule has 1 aliphatic carbocycles. The fraction of sp³-hybridized carbons (Fsp3) is 0.500. The Hall–Kier alpha value is -2.22. The molecule has 7 nitrogen and oxygen atoms in total. The molecule has 2 unspecified atom stereocenters. The lowest BCUT2D eigenvalue weighted by Gasteiger charge is -2.19. The zero-order chi connectivity index (χ0) is 18.9. The maximum Gasteiger partial charge on any atom is 0.233 e. The van der Waals surface area contributed by atoms with Crippen LogP contribution in [0, 0.1) is 11.8 Å². The molecule has 0 bridgehead atoms. The highest BCUT2D eigenvalue weighted by Gasteiger charge is 2.47. The Labute approximate surface area is 152 Å². The molecule has 26 heavy (non-hydrogen) atoms. The summed E-state index contributed by atoms with van der Waals surface area (Å²) in [6, 6.07) is 5.97. The van der Waals surface area contributed by atoms with E-state index in [4.69, 9.17) is 0 Å². The van der Waals surface area contributed by atoms with Crippen LogP contribution in [0.15, 0.2) is 29.2 Å². The molecule has 1 aromatic rings. The first-order valence-electron chi connectivity index (χ1n) is 8.72. The van der Waals surface area contributed by atoms with Gasteiger partial charge in [0.05, 0.1) is 16.7 Å². The van der Waals surface area contributed by atoms with Crippen molar-refractivity contribution in [3.63, 3.8) is 0 Å². The van der Waals surface area contributed by atoms with Crippen molar-refractivity contribution in [2.75, 3.05) is 18.1 Å². The third-order valence-electron chi connectivity index (χ3n) is 5.04. The predicted molar refractivity (Wildman–Crippen MR) is 95.0 cm³/mol. The number of likely N-dealkylation sites (tertiary alicyclic amines) is 1. The summed E-state index contributed by atoms with van der Waals surface area (Å²) < 4.78 is 23.1. The van der Waals surface area contributed by atoms with Crippen LogP contribution in [-0.4, -0.2) is 43.8 Å². The molecule has 0 radical (unpaired) electrons. The van der Waals surface area contributed by atoms with Gasteiger partial charge in [0.1, 0.15) is 0 Å². The minimum atomic E-state index is -3.36. The smallest absolute Gasteiger partial charge is 0.233 e. The number of hydrogen-bond acceptors (Lipinski definition) is 5. The summed E-state index contributed by atoms with van der Waals surface area (Å²) in [4.78, 5) is 38.2. The second-order valence-corrected chi connectivity index (χ2v) is 8.94. The van der Waals surface area contributed by atoms with E-state index in [0.717, 1.165) is 31.9 Å². The van der Waals surface area contributed by atoms with E-state index in [1.807, 2.05) is 0 Å². The van der Waals surface area contributed by atoms with E-state index in [1.165, 1.54) is 17.0 Å². The number of amides is 3. The zero-order valence-electron chi connectivity index (χ0n) is 14.6. The van der Waals surface area contributed by atoms with Gasteiger partial charge in [0, 0.05) is 24.9 Å². The van der Waals surface area contributed by atoms with E-state index < -0.39 is 9.84 Å². The fourth-order valence-corrected chi connectivity index (χ4v) is 4.36. The van der Waals surface area contributed by atoms with Crippen molar-refractivity contribution in [2.45, 2.75) is 37.0 Å². The van der Waals surface area contributed by atoms with Gasteiger partial charge in [0.15, 0.2) is 9.84 Å². The Morgan fingerprint density at radius 2 is 1.77 bits per heavy atom. The van der Waals surface area contributed by atoms with E-state index in [0.29, 0.717) is 5.69 Å². The topological polar surface area (TPSA) is 101 Å². The summed E-state index contributed by atoms with van der Waals surface area (Å²) in [5.74, 6) is -1.12. The SMILES string of the molecule is CS(=O)(=O)c1cccc(NC(=O)CCN2C(=O)C3CCCCC3C2=O)c1. The monoisotopic (exact) mass is 378 g/mol. The van der Waals surface area contributed by atoms with Crippen LogP contribution in [0.4, 0.5) is 5.69 Å². The summed E-state index contributed by atoms with van der Waals surface area (Å²) in [6.45, 7) is 0.0578. The van der Waals surface area contributed by atoms with Gasteiger partial charge in [-0.15, -0.1) is 0 Å². The van der Waals surface area contributed by atoms with Crippen LogP contribution in [0.2, 0.25) is 0 Å². The maximum absolute atomic E-state index is 12.4. The number of nitrogens with zero attached hydrogens (tertiary/aromatic N) is 1. The molecule has 0 spiro atoms. The molecule has 140 valence electrons. The highest BCUT2D eigenvalue weighted by molar-refractivity contribution is 7.90. The lowest BCUT2D eigenvalue weighted by atomic mass is 9.81. The number of imide groups is 1. The van der Waals surface area contributed by atoms with Gasteiger partial charge in [0.2, 0.25) is 17.7 Å². The number of rotatable bonds is 5. The summed E-state index contributed by atoms with van der Waals surface area (Å²) in [6.07, 6.45) is 4.50. The Kier molecular flexibility index (Phi) is 5.13. The molecule has 2 atom stereocenters. The molecule has 2 fully saturated rings. The Bertz CT molecular complexity index is 825.